The number of carbonyl (C=O) groups excluding carboxylic acids is 1. The molecule has 0 radical (unpaired) electrons. The molecule has 0 bridgehead atoms. The molecule has 0 aliphatic carbocycles. The van der Waals surface area contributed by atoms with Gasteiger partial charge >= 0.3 is 0 Å². The van der Waals surface area contributed by atoms with E-state index in [0.29, 0.717) is 13.1 Å². The second-order valence-corrected chi connectivity index (χ2v) is 9.39. The van der Waals surface area contributed by atoms with Crippen molar-refractivity contribution >= 4 is 21.6 Å². The Kier molecular flexibility index (Phi) is 6.87. The fourth-order valence-corrected chi connectivity index (χ4v) is 5.20. The molecule has 1 heterocycles. The Bertz CT molecular complexity index is 1020. The lowest BCUT2D eigenvalue weighted by atomic mass is 10.2. The Hall–Kier alpha value is -2.73. The Labute approximate surface area is 178 Å². The molecule has 30 heavy (non-hydrogen) atoms. The van der Waals surface area contributed by atoms with Crippen LogP contribution in [-0.2, 0) is 14.8 Å². The van der Waals surface area contributed by atoms with Gasteiger partial charge in [0, 0.05) is 37.9 Å². The lowest BCUT2D eigenvalue weighted by Gasteiger charge is -2.35. The van der Waals surface area contributed by atoms with Crippen LogP contribution in [0.4, 0.5) is 5.69 Å². The van der Waals surface area contributed by atoms with Crippen LogP contribution in [0.1, 0.15) is 19.4 Å². The van der Waals surface area contributed by atoms with Gasteiger partial charge in [0.2, 0.25) is 15.9 Å². The first-order chi connectivity index (χ1) is 14.3. The van der Waals surface area contributed by atoms with Crippen molar-refractivity contribution in [3.8, 4) is 6.07 Å². The minimum atomic E-state index is -3.74. The van der Waals surface area contributed by atoms with E-state index in [4.69, 9.17) is 0 Å². The van der Waals surface area contributed by atoms with Crippen LogP contribution < -0.4 is 4.90 Å². The molecule has 0 saturated carbocycles. The molecule has 7 nitrogen and oxygen atoms in total. The molecule has 0 aromatic heterocycles. The van der Waals surface area contributed by atoms with Crippen LogP contribution in [0, 0.1) is 11.3 Å². The second kappa shape index (κ2) is 9.39. The lowest BCUT2D eigenvalue weighted by Crippen LogP contribution is -2.52. The van der Waals surface area contributed by atoms with E-state index in [1.54, 1.807) is 17.0 Å². The summed E-state index contributed by atoms with van der Waals surface area (Å²) in [5.41, 5.74) is 0.998. The Morgan fingerprint density at radius 3 is 2.23 bits per heavy atom. The van der Waals surface area contributed by atoms with Gasteiger partial charge in [-0.25, -0.2) is 8.42 Å². The van der Waals surface area contributed by atoms with E-state index in [1.807, 2.05) is 55.1 Å². The molecule has 2 aromatic rings. The number of rotatable bonds is 6. The Balaban J connectivity index is 1.65. The average Bonchev–Trinajstić information content (AvgIpc) is 2.74. The first kappa shape index (κ1) is 22.0. The summed E-state index contributed by atoms with van der Waals surface area (Å²) in [5, 5.41) is 9.23. The zero-order valence-electron chi connectivity index (χ0n) is 17.2. The van der Waals surface area contributed by atoms with Crippen molar-refractivity contribution in [2.24, 2.45) is 0 Å². The molecule has 1 aliphatic heterocycles. The highest BCUT2D eigenvalue weighted by atomic mass is 32.2. The number of nitrogens with zero attached hydrogens (tertiary/aromatic N) is 4. The number of hydrogen-bond donors (Lipinski definition) is 0. The summed E-state index contributed by atoms with van der Waals surface area (Å²) < 4.78 is 27.3. The van der Waals surface area contributed by atoms with Gasteiger partial charge in [-0.3, -0.25) is 9.69 Å². The number of carbonyl (C=O) groups is 1. The summed E-state index contributed by atoms with van der Waals surface area (Å²) in [7, 11) is -3.74. The molecule has 3 rings (SSSR count). The zero-order chi connectivity index (χ0) is 21.7. The summed E-state index contributed by atoms with van der Waals surface area (Å²) in [6.07, 6.45) is 0. The van der Waals surface area contributed by atoms with Crippen LogP contribution in [0.25, 0.3) is 0 Å². The van der Waals surface area contributed by atoms with Crippen LogP contribution in [-0.4, -0.2) is 62.3 Å². The van der Waals surface area contributed by atoms with Crippen LogP contribution in [0.3, 0.4) is 0 Å². The number of benzene rings is 2. The fraction of sp³-hybridized carbons (Fsp3) is 0.364. The smallest absolute Gasteiger partial charge is 0.244 e. The van der Waals surface area contributed by atoms with Gasteiger partial charge in [-0.05, 0) is 38.1 Å². The Morgan fingerprint density at radius 1 is 1.03 bits per heavy atom. The number of piperazine rings is 1. The second-order valence-electron chi connectivity index (χ2n) is 7.48. The molecule has 1 saturated heterocycles. The van der Waals surface area contributed by atoms with Gasteiger partial charge in [0.1, 0.15) is 6.07 Å². The minimum absolute atomic E-state index is 0.0117. The minimum Gasteiger partial charge on any atom is -0.309 e. The highest BCUT2D eigenvalue weighted by Gasteiger charge is 2.31. The third kappa shape index (κ3) is 4.70. The van der Waals surface area contributed by atoms with Crippen LogP contribution in [0.5, 0.6) is 0 Å². The first-order valence-corrected chi connectivity index (χ1v) is 11.4. The van der Waals surface area contributed by atoms with Crippen molar-refractivity contribution < 1.29 is 13.2 Å². The first-order valence-electron chi connectivity index (χ1n) is 9.93. The SMILES string of the molecule is CC(C)N(C(=O)CN1CCN(S(=O)(=O)c2ccccc2C#N)CC1)c1ccccc1. The molecule has 158 valence electrons. The largest absolute Gasteiger partial charge is 0.309 e. The third-order valence-electron chi connectivity index (χ3n) is 5.13. The number of para-hydroxylation sites is 1. The van der Waals surface area contributed by atoms with Crippen molar-refractivity contribution in [1.82, 2.24) is 9.21 Å². The van der Waals surface area contributed by atoms with E-state index >= 15 is 0 Å². The van der Waals surface area contributed by atoms with Crippen molar-refractivity contribution in [2.75, 3.05) is 37.6 Å². The van der Waals surface area contributed by atoms with Crippen LogP contribution in [0.2, 0.25) is 0 Å². The van der Waals surface area contributed by atoms with Crippen LogP contribution in [0.15, 0.2) is 59.5 Å². The van der Waals surface area contributed by atoms with Crippen LogP contribution >= 0.6 is 0 Å². The molecule has 2 aromatic carbocycles. The maximum Gasteiger partial charge on any atom is 0.244 e. The summed E-state index contributed by atoms with van der Waals surface area (Å²) in [6, 6.07) is 17.7. The quantitative estimate of drug-likeness (QED) is 0.708. The van der Waals surface area contributed by atoms with Gasteiger partial charge in [-0.15, -0.1) is 0 Å². The highest BCUT2D eigenvalue weighted by molar-refractivity contribution is 7.89. The summed E-state index contributed by atoms with van der Waals surface area (Å²) in [4.78, 5) is 16.7. The van der Waals surface area contributed by atoms with E-state index in [0.717, 1.165) is 5.69 Å². The predicted molar refractivity (Wildman–Crippen MR) is 115 cm³/mol. The summed E-state index contributed by atoms with van der Waals surface area (Å²) in [6.45, 7) is 5.66. The van der Waals surface area contributed by atoms with Gasteiger partial charge in [0.15, 0.2) is 0 Å². The number of sulfonamides is 1. The molecule has 1 amide bonds. The maximum absolute atomic E-state index is 13.0. The number of anilines is 1. The van der Waals surface area contributed by atoms with E-state index in [1.165, 1.54) is 16.4 Å². The van der Waals surface area contributed by atoms with Crippen molar-refractivity contribution in [2.45, 2.75) is 24.8 Å². The third-order valence-corrected chi connectivity index (χ3v) is 7.09. The molecule has 0 atom stereocenters. The Morgan fingerprint density at radius 2 is 1.63 bits per heavy atom. The van der Waals surface area contributed by atoms with Gasteiger partial charge in [0.25, 0.3) is 0 Å². The lowest BCUT2D eigenvalue weighted by molar-refractivity contribution is -0.120. The van der Waals surface area contributed by atoms with E-state index in [9.17, 15) is 18.5 Å². The normalized spacial score (nSPS) is 15.7. The monoisotopic (exact) mass is 426 g/mol. The number of hydrogen-bond acceptors (Lipinski definition) is 5. The maximum atomic E-state index is 13.0. The molecule has 0 unspecified atom stereocenters. The fourth-order valence-electron chi connectivity index (χ4n) is 3.64. The highest BCUT2D eigenvalue weighted by Crippen LogP contribution is 2.22. The molecule has 8 heteroatoms. The summed E-state index contributed by atoms with van der Waals surface area (Å²) in [5.74, 6) is -0.0117. The average molecular weight is 427 g/mol. The number of amides is 1. The molecule has 1 fully saturated rings. The molecular formula is C22H26N4O3S. The topological polar surface area (TPSA) is 84.7 Å². The van der Waals surface area contributed by atoms with E-state index < -0.39 is 10.0 Å². The molecule has 0 spiro atoms. The molecular weight excluding hydrogens is 400 g/mol. The standard InChI is InChI=1S/C22H26N4O3S/c1-18(2)26(20-9-4-3-5-10-20)22(27)17-24-12-14-25(15-13-24)30(28,29)21-11-7-6-8-19(21)16-23/h3-11,18H,12-15,17H2,1-2H3. The number of nitriles is 1. The van der Waals surface area contributed by atoms with E-state index in [-0.39, 0.29) is 42.0 Å². The van der Waals surface area contributed by atoms with Gasteiger partial charge in [0.05, 0.1) is 17.0 Å². The predicted octanol–water partition coefficient (Wildman–Crippen LogP) is 2.31. The van der Waals surface area contributed by atoms with Gasteiger partial charge < -0.3 is 4.90 Å². The molecule has 0 N–H and O–H groups in total. The van der Waals surface area contributed by atoms with Gasteiger partial charge in [-0.2, -0.15) is 9.57 Å². The van der Waals surface area contributed by atoms with Crippen molar-refractivity contribution in [1.29, 1.82) is 5.26 Å². The van der Waals surface area contributed by atoms with Crippen molar-refractivity contribution in [3.63, 3.8) is 0 Å². The zero-order valence-corrected chi connectivity index (χ0v) is 18.0. The van der Waals surface area contributed by atoms with Gasteiger partial charge in [-0.1, -0.05) is 30.3 Å². The van der Waals surface area contributed by atoms with E-state index in [2.05, 4.69) is 0 Å². The van der Waals surface area contributed by atoms with Crippen molar-refractivity contribution in [3.05, 3.63) is 60.2 Å². The summed E-state index contributed by atoms with van der Waals surface area (Å²) >= 11 is 0. The molecule has 1 aliphatic rings.